The summed E-state index contributed by atoms with van der Waals surface area (Å²) in [4.78, 5) is 11.9. The van der Waals surface area contributed by atoms with Crippen LogP contribution in [0.15, 0.2) is 30.9 Å². The number of nitrogens with one attached hydrogen (secondary N) is 1. The van der Waals surface area contributed by atoms with E-state index < -0.39 is 0 Å². The van der Waals surface area contributed by atoms with E-state index in [0.717, 1.165) is 5.56 Å². The smallest absolute Gasteiger partial charge is 0.227 e. The third-order valence-corrected chi connectivity index (χ3v) is 3.21. The number of benzene rings is 1. The zero-order chi connectivity index (χ0) is 13.5. The Morgan fingerprint density at radius 3 is 2.72 bits per heavy atom. The lowest BCUT2D eigenvalue weighted by Gasteiger charge is -2.15. The van der Waals surface area contributed by atoms with Crippen LogP contribution in [0.4, 0.5) is 0 Å². The number of allylic oxidation sites excluding steroid dienone is 1. The monoisotopic (exact) mass is 287 g/mol. The molecule has 18 heavy (non-hydrogen) atoms. The lowest BCUT2D eigenvalue weighted by Crippen LogP contribution is -2.31. The number of aliphatic hydroxyl groups is 1. The molecule has 0 aliphatic heterocycles. The van der Waals surface area contributed by atoms with Gasteiger partial charge in [0.1, 0.15) is 0 Å². The second-order valence-corrected chi connectivity index (χ2v) is 4.58. The molecular formula is C13H15Cl2NO2. The highest BCUT2D eigenvalue weighted by Gasteiger charge is 2.19. The number of carbonyl (C=O) groups is 1. The van der Waals surface area contributed by atoms with Crippen molar-refractivity contribution >= 4 is 29.1 Å². The highest BCUT2D eigenvalue weighted by molar-refractivity contribution is 6.42. The minimum Gasteiger partial charge on any atom is -0.395 e. The van der Waals surface area contributed by atoms with Crippen molar-refractivity contribution in [2.45, 2.75) is 12.3 Å². The van der Waals surface area contributed by atoms with Gasteiger partial charge in [-0.3, -0.25) is 4.79 Å². The molecule has 0 radical (unpaired) electrons. The van der Waals surface area contributed by atoms with Gasteiger partial charge in [-0.25, -0.2) is 0 Å². The zero-order valence-corrected chi connectivity index (χ0v) is 11.3. The van der Waals surface area contributed by atoms with E-state index in [1.54, 1.807) is 24.3 Å². The Hall–Kier alpha value is -1.03. The molecule has 2 N–H and O–H groups in total. The van der Waals surface area contributed by atoms with Crippen molar-refractivity contribution in [3.63, 3.8) is 0 Å². The summed E-state index contributed by atoms with van der Waals surface area (Å²) in [5.41, 5.74) is 0.778. The van der Waals surface area contributed by atoms with E-state index in [-0.39, 0.29) is 25.0 Å². The van der Waals surface area contributed by atoms with E-state index >= 15 is 0 Å². The van der Waals surface area contributed by atoms with Crippen LogP contribution in [0.5, 0.6) is 0 Å². The van der Waals surface area contributed by atoms with Gasteiger partial charge in [-0.2, -0.15) is 0 Å². The molecule has 0 unspecified atom stereocenters. The van der Waals surface area contributed by atoms with Crippen LogP contribution in [-0.2, 0) is 4.79 Å². The quantitative estimate of drug-likeness (QED) is 0.791. The van der Waals surface area contributed by atoms with Crippen LogP contribution in [0.3, 0.4) is 0 Å². The summed E-state index contributed by atoms with van der Waals surface area (Å²) >= 11 is 11.8. The fourth-order valence-corrected chi connectivity index (χ4v) is 1.90. The minimum absolute atomic E-state index is 0.0894. The highest BCUT2D eigenvalue weighted by Crippen LogP contribution is 2.28. The van der Waals surface area contributed by atoms with Crippen LogP contribution < -0.4 is 5.32 Å². The van der Waals surface area contributed by atoms with Crippen molar-refractivity contribution in [3.05, 3.63) is 46.5 Å². The summed E-state index contributed by atoms with van der Waals surface area (Å²) in [5.74, 6) is -0.536. The van der Waals surface area contributed by atoms with Crippen molar-refractivity contribution in [1.29, 1.82) is 0 Å². The first-order chi connectivity index (χ1) is 8.60. The first kappa shape index (κ1) is 15.0. The first-order valence-electron chi connectivity index (χ1n) is 5.54. The van der Waals surface area contributed by atoms with Gasteiger partial charge in [-0.1, -0.05) is 35.3 Å². The number of aliphatic hydroxyl groups excluding tert-OH is 1. The molecule has 3 nitrogen and oxygen atoms in total. The number of amides is 1. The van der Waals surface area contributed by atoms with E-state index in [1.807, 2.05) is 0 Å². The second-order valence-electron chi connectivity index (χ2n) is 3.77. The SMILES string of the molecule is C=CC[C@H](C(=O)NCCO)c1ccc(Cl)c(Cl)c1. The predicted octanol–water partition coefficient (Wildman–Crippen LogP) is 2.76. The Kier molecular flexibility index (Phi) is 6.19. The largest absolute Gasteiger partial charge is 0.395 e. The number of hydrogen-bond acceptors (Lipinski definition) is 2. The normalized spacial score (nSPS) is 11.9. The van der Waals surface area contributed by atoms with Crippen LogP contribution in [0.2, 0.25) is 10.0 Å². The maximum absolute atomic E-state index is 11.9. The molecule has 98 valence electrons. The fraction of sp³-hybridized carbons (Fsp3) is 0.308. The molecule has 0 aromatic heterocycles. The lowest BCUT2D eigenvalue weighted by atomic mass is 9.95. The molecule has 0 fully saturated rings. The van der Waals surface area contributed by atoms with Gasteiger partial charge in [0.15, 0.2) is 0 Å². The van der Waals surface area contributed by atoms with E-state index in [2.05, 4.69) is 11.9 Å². The Bertz CT molecular complexity index is 435. The van der Waals surface area contributed by atoms with Crippen molar-refractivity contribution in [3.8, 4) is 0 Å². The van der Waals surface area contributed by atoms with Gasteiger partial charge in [-0.15, -0.1) is 6.58 Å². The molecule has 1 atom stereocenters. The molecule has 5 heteroatoms. The maximum Gasteiger partial charge on any atom is 0.227 e. The maximum atomic E-state index is 11.9. The third kappa shape index (κ3) is 4.02. The summed E-state index contributed by atoms with van der Waals surface area (Å²) in [6, 6.07) is 5.10. The van der Waals surface area contributed by atoms with Crippen LogP contribution in [0, 0.1) is 0 Å². The van der Waals surface area contributed by atoms with E-state index in [1.165, 1.54) is 0 Å². The molecular weight excluding hydrogens is 273 g/mol. The molecule has 0 aliphatic carbocycles. The Morgan fingerprint density at radius 1 is 1.44 bits per heavy atom. The molecule has 0 heterocycles. The average molecular weight is 288 g/mol. The van der Waals surface area contributed by atoms with Crippen LogP contribution in [0.25, 0.3) is 0 Å². The zero-order valence-electron chi connectivity index (χ0n) is 9.83. The van der Waals surface area contributed by atoms with Gasteiger partial charge in [0, 0.05) is 6.54 Å². The number of rotatable bonds is 6. The molecule has 1 aromatic rings. The predicted molar refractivity (Wildman–Crippen MR) is 74.1 cm³/mol. The number of hydrogen-bond donors (Lipinski definition) is 2. The van der Waals surface area contributed by atoms with Crippen molar-refractivity contribution in [1.82, 2.24) is 5.32 Å². The second kappa shape index (κ2) is 7.41. The Morgan fingerprint density at radius 2 is 2.17 bits per heavy atom. The van der Waals surface area contributed by atoms with Crippen LogP contribution >= 0.6 is 23.2 Å². The Labute approximate surface area is 116 Å². The summed E-state index contributed by atoms with van der Waals surface area (Å²) < 4.78 is 0. The van der Waals surface area contributed by atoms with Crippen LogP contribution in [-0.4, -0.2) is 24.2 Å². The standard InChI is InChI=1S/C13H15Cl2NO2/c1-2-3-10(13(18)16-6-7-17)9-4-5-11(14)12(15)8-9/h2,4-5,8,10,17H,1,3,6-7H2,(H,16,18)/t10-/m0/s1. The van der Waals surface area contributed by atoms with E-state index in [9.17, 15) is 4.79 Å². The topological polar surface area (TPSA) is 49.3 Å². The molecule has 0 aliphatic rings. The van der Waals surface area contributed by atoms with Gasteiger partial charge in [-0.05, 0) is 24.1 Å². The molecule has 1 rings (SSSR count). The fourth-order valence-electron chi connectivity index (χ4n) is 1.59. The lowest BCUT2D eigenvalue weighted by molar-refractivity contribution is -0.122. The summed E-state index contributed by atoms with van der Waals surface area (Å²) in [5, 5.41) is 12.2. The van der Waals surface area contributed by atoms with E-state index in [4.69, 9.17) is 28.3 Å². The highest BCUT2D eigenvalue weighted by atomic mass is 35.5. The van der Waals surface area contributed by atoms with Gasteiger partial charge in [0.25, 0.3) is 0 Å². The molecule has 0 bridgehead atoms. The van der Waals surface area contributed by atoms with Crippen molar-refractivity contribution < 1.29 is 9.90 Å². The van der Waals surface area contributed by atoms with Gasteiger partial charge in [0.05, 0.1) is 22.6 Å². The average Bonchev–Trinajstić information content (AvgIpc) is 2.36. The van der Waals surface area contributed by atoms with Crippen LogP contribution in [0.1, 0.15) is 17.9 Å². The van der Waals surface area contributed by atoms with Gasteiger partial charge >= 0.3 is 0 Å². The molecule has 1 amide bonds. The molecule has 1 aromatic carbocycles. The summed E-state index contributed by atoms with van der Waals surface area (Å²) in [6.45, 7) is 3.78. The van der Waals surface area contributed by atoms with Gasteiger partial charge < -0.3 is 10.4 Å². The minimum atomic E-state index is -0.371. The first-order valence-corrected chi connectivity index (χ1v) is 6.30. The Balaban J connectivity index is 2.92. The summed E-state index contributed by atoms with van der Waals surface area (Å²) in [7, 11) is 0. The molecule has 0 spiro atoms. The van der Waals surface area contributed by atoms with Crippen molar-refractivity contribution in [2.24, 2.45) is 0 Å². The van der Waals surface area contributed by atoms with Crippen molar-refractivity contribution in [2.75, 3.05) is 13.2 Å². The number of halogens is 2. The van der Waals surface area contributed by atoms with E-state index in [0.29, 0.717) is 16.5 Å². The molecule has 0 saturated heterocycles. The summed E-state index contributed by atoms with van der Waals surface area (Å²) in [6.07, 6.45) is 2.17. The number of carbonyl (C=O) groups excluding carboxylic acids is 1. The third-order valence-electron chi connectivity index (χ3n) is 2.48. The van der Waals surface area contributed by atoms with Gasteiger partial charge in [0.2, 0.25) is 5.91 Å². The molecule has 0 saturated carbocycles.